The van der Waals surface area contributed by atoms with E-state index in [-0.39, 0.29) is 23.7 Å². The summed E-state index contributed by atoms with van der Waals surface area (Å²) in [6.07, 6.45) is 4.19. The van der Waals surface area contributed by atoms with E-state index < -0.39 is 0 Å². The van der Waals surface area contributed by atoms with E-state index in [0.29, 0.717) is 30.8 Å². The van der Waals surface area contributed by atoms with Gasteiger partial charge in [-0.05, 0) is 61.1 Å². The number of nitrogens with zero attached hydrogens (tertiary/aromatic N) is 1. The number of hydrogen-bond acceptors (Lipinski definition) is 3. The molecular formula is C24H29FN4O2. The number of carbonyl (C=O) groups is 1. The Hall–Kier alpha value is -3.09. The number of hydrogen-bond donors (Lipinski definition) is 3. The number of ether oxygens (including phenoxy) is 1. The molecule has 7 heteroatoms. The molecule has 0 spiro atoms. The molecule has 0 atom stereocenters. The molecule has 2 aliphatic carbocycles. The van der Waals surface area contributed by atoms with E-state index >= 15 is 0 Å². The molecule has 0 aliphatic heterocycles. The first-order valence-corrected chi connectivity index (χ1v) is 10.8. The molecule has 31 heavy (non-hydrogen) atoms. The molecule has 6 nitrogen and oxygen atoms in total. The second kappa shape index (κ2) is 9.37. The molecule has 2 aromatic rings. The van der Waals surface area contributed by atoms with Crippen LogP contribution in [-0.2, 0) is 16.8 Å². The highest BCUT2D eigenvalue weighted by molar-refractivity contribution is 5.80. The largest absolute Gasteiger partial charge is 0.484 e. The number of carbonyl (C=O) groups excluding carboxylic acids is 1. The number of nitrogens with one attached hydrogen (secondary N) is 3. The summed E-state index contributed by atoms with van der Waals surface area (Å²) in [6.45, 7) is 1.30. The van der Waals surface area contributed by atoms with E-state index in [9.17, 15) is 9.18 Å². The van der Waals surface area contributed by atoms with Crippen molar-refractivity contribution in [1.29, 1.82) is 0 Å². The maximum atomic E-state index is 13.6. The summed E-state index contributed by atoms with van der Waals surface area (Å²) < 4.78 is 19.2. The Morgan fingerprint density at radius 3 is 2.68 bits per heavy atom. The van der Waals surface area contributed by atoms with Gasteiger partial charge in [-0.2, -0.15) is 0 Å². The standard InChI is InChI=1S/C24H29FN4O2/c1-26-23(28-16-24(10-11-24)18-5-3-6-19(25)13-18)27-14-17-4-2-7-21(12-17)31-15-22(30)29-20-8-9-20/h2-7,12-13,20H,8-11,14-16H2,1H3,(H,29,30)(H2,26,27,28). The van der Waals surface area contributed by atoms with Gasteiger partial charge in [-0.3, -0.25) is 9.79 Å². The third-order valence-corrected chi connectivity index (χ3v) is 5.78. The number of rotatable bonds is 9. The SMILES string of the molecule is CN=C(NCc1cccc(OCC(=O)NC2CC2)c1)NCC1(c2cccc(F)c2)CC1. The fourth-order valence-electron chi connectivity index (χ4n) is 3.59. The monoisotopic (exact) mass is 424 g/mol. The van der Waals surface area contributed by atoms with Crippen molar-refractivity contribution in [2.45, 2.75) is 43.7 Å². The molecule has 0 radical (unpaired) electrons. The van der Waals surface area contributed by atoms with Crippen LogP contribution in [0.5, 0.6) is 5.75 Å². The Bertz CT molecular complexity index is 954. The van der Waals surface area contributed by atoms with Crippen LogP contribution in [0.25, 0.3) is 0 Å². The van der Waals surface area contributed by atoms with Crippen LogP contribution < -0.4 is 20.7 Å². The van der Waals surface area contributed by atoms with Gasteiger partial charge in [-0.1, -0.05) is 24.3 Å². The number of halogens is 1. The molecule has 1 amide bonds. The van der Waals surface area contributed by atoms with Crippen LogP contribution in [0.2, 0.25) is 0 Å². The quantitative estimate of drug-likeness (QED) is 0.428. The molecule has 2 aromatic carbocycles. The summed E-state index contributed by atoms with van der Waals surface area (Å²) in [4.78, 5) is 16.1. The predicted molar refractivity (Wildman–Crippen MR) is 119 cm³/mol. The van der Waals surface area contributed by atoms with Crippen molar-refractivity contribution in [2.75, 3.05) is 20.2 Å². The normalized spacial score (nSPS) is 17.0. The van der Waals surface area contributed by atoms with Crippen LogP contribution in [0.15, 0.2) is 53.5 Å². The molecule has 2 aliphatic rings. The van der Waals surface area contributed by atoms with Crippen LogP contribution in [0.4, 0.5) is 4.39 Å². The van der Waals surface area contributed by atoms with Gasteiger partial charge in [0, 0.05) is 31.6 Å². The van der Waals surface area contributed by atoms with Crippen molar-refractivity contribution < 1.29 is 13.9 Å². The van der Waals surface area contributed by atoms with Crippen LogP contribution in [-0.4, -0.2) is 38.1 Å². The molecule has 164 valence electrons. The van der Waals surface area contributed by atoms with Crippen molar-refractivity contribution in [3.8, 4) is 5.75 Å². The summed E-state index contributed by atoms with van der Waals surface area (Å²) in [5.74, 6) is 1.08. The van der Waals surface area contributed by atoms with Gasteiger partial charge in [0.15, 0.2) is 12.6 Å². The molecule has 0 bridgehead atoms. The van der Waals surface area contributed by atoms with Crippen LogP contribution in [0.1, 0.15) is 36.8 Å². The van der Waals surface area contributed by atoms with E-state index in [2.05, 4.69) is 20.9 Å². The van der Waals surface area contributed by atoms with Crippen molar-refractivity contribution in [1.82, 2.24) is 16.0 Å². The first-order chi connectivity index (χ1) is 15.1. The van der Waals surface area contributed by atoms with Gasteiger partial charge in [0.1, 0.15) is 11.6 Å². The predicted octanol–water partition coefficient (Wildman–Crippen LogP) is 2.88. The minimum atomic E-state index is -0.196. The van der Waals surface area contributed by atoms with Gasteiger partial charge < -0.3 is 20.7 Å². The Kier molecular flexibility index (Phi) is 6.39. The molecular weight excluding hydrogens is 395 g/mol. The number of amides is 1. The van der Waals surface area contributed by atoms with Crippen molar-refractivity contribution >= 4 is 11.9 Å². The maximum Gasteiger partial charge on any atom is 0.258 e. The number of guanidine groups is 1. The van der Waals surface area contributed by atoms with Gasteiger partial charge in [0.2, 0.25) is 0 Å². The molecule has 2 saturated carbocycles. The first kappa shape index (κ1) is 21.2. The lowest BCUT2D eigenvalue weighted by Gasteiger charge is -2.19. The summed E-state index contributed by atoms with van der Waals surface area (Å²) in [5.41, 5.74) is 2.04. The third kappa shape index (κ3) is 5.96. The summed E-state index contributed by atoms with van der Waals surface area (Å²) in [6, 6.07) is 14.9. The van der Waals surface area contributed by atoms with E-state index in [4.69, 9.17) is 4.74 Å². The van der Waals surface area contributed by atoms with Gasteiger partial charge in [-0.15, -0.1) is 0 Å². The van der Waals surface area contributed by atoms with E-state index in [1.165, 1.54) is 6.07 Å². The van der Waals surface area contributed by atoms with Crippen LogP contribution >= 0.6 is 0 Å². The lowest BCUT2D eigenvalue weighted by Crippen LogP contribution is -2.40. The summed E-state index contributed by atoms with van der Waals surface area (Å²) >= 11 is 0. The van der Waals surface area contributed by atoms with Gasteiger partial charge >= 0.3 is 0 Å². The molecule has 0 saturated heterocycles. The molecule has 0 unspecified atom stereocenters. The Balaban J connectivity index is 1.25. The third-order valence-electron chi connectivity index (χ3n) is 5.78. The average Bonchev–Trinajstić information content (AvgIpc) is 3.70. The lowest BCUT2D eigenvalue weighted by atomic mass is 9.96. The number of aliphatic imine (C=N–C) groups is 1. The van der Waals surface area contributed by atoms with Crippen molar-refractivity contribution in [3.63, 3.8) is 0 Å². The topological polar surface area (TPSA) is 74.8 Å². The Labute approximate surface area is 182 Å². The Morgan fingerprint density at radius 2 is 1.97 bits per heavy atom. The number of benzene rings is 2. The molecule has 0 aromatic heterocycles. The minimum absolute atomic E-state index is 0.0193. The molecule has 3 N–H and O–H groups in total. The fraction of sp³-hybridized carbons (Fsp3) is 0.417. The van der Waals surface area contributed by atoms with Gasteiger partial charge in [-0.25, -0.2) is 4.39 Å². The van der Waals surface area contributed by atoms with Crippen LogP contribution in [0, 0.1) is 5.82 Å². The molecule has 2 fully saturated rings. The van der Waals surface area contributed by atoms with Crippen LogP contribution in [0.3, 0.4) is 0 Å². The summed E-state index contributed by atoms with van der Waals surface area (Å²) in [7, 11) is 1.73. The van der Waals surface area contributed by atoms with E-state index in [1.54, 1.807) is 19.2 Å². The van der Waals surface area contributed by atoms with Crippen molar-refractivity contribution in [3.05, 3.63) is 65.5 Å². The highest BCUT2D eigenvalue weighted by atomic mass is 19.1. The maximum absolute atomic E-state index is 13.6. The highest BCUT2D eigenvalue weighted by Crippen LogP contribution is 2.47. The average molecular weight is 425 g/mol. The zero-order valence-corrected chi connectivity index (χ0v) is 17.8. The second-order valence-corrected chi connectivity index (χ2v) is 8.35. The molecule has 0 heterocycles. The lowest BCUT2D eigenvalue weighted by molar-refractivity contribution is -0.123. The van der Waals surface area contributed by atoms with E-state index in [0.717, 1.165) is 36.8 Å². The van der Waals surface area contributed by atoms with Gasteiger partial charge in [0.05, 0.1) is 0 Å². The van der Waals surface area contributed by atoms with Crippen molar-refractivity contribution in [2.24, 2.45) is 4.99 Å². The first-order valence-electron chi connectivity index (χ1n) is 10.8. The van der Waals surface area contributed by atoms with Gasteiger partial charge in [0.25, 0.3) is 5.91 Å². The second-order valence-electron chi connectivity index (χ2n) is 8.35. The van der Waals surface area contributed by atoms with E-state index in [1.807, 2.05) is 30.3 Å². The minimum Gasteiger partial charge on any atom is -0.484 e. The zero-order valence-electron chi connectivity index (χ0n) is 17.8. The summed E-state index contributed by atoms with van der Waals surface area (Å²) in [5, 5.41) is 9.59. The highest BCUT2D eigenvalue weighted by Gasteiger charge is 2.44. The molecule has 4 rings (SSSR count). The zero-order chi connectivity index (χ0) is 21.7. The Morgan fingerprint density at radius 1 is 1.16 bits per heavy atom. The smallest absolute Gasteiger partial charge is 0.258 e. The fourth-order valence-corrected chi connectivity index (χ4v) is 3.59.